The number of primary sulfonamides is 1. The summed E-state index contributed by atoms with van der Waals surface area (Å²) in [6.45, 7) is 2.37. The zero-order valence-corrected chi connectivity index (χ0v) is 13.8. The van der Waals surface area contributed by atoms with Gasteiger partial charge in [-0.2, -0.15) is 0 Å². The van der Waals surface area contributed by atoms with Crippen LogP contribution in [0.1, 0.15) is 24.8 Å². The number of nitrogens with zero attached hydrogens (tertiary/aromatic N) is 1. The SMILES string of the molecule is NS(=O)(=O)CCC(=O)Nc1cscc1CN1CCC(O)CC1. The second-order valence-electron chi connectivity index (χ2n) is 5.48. The first-order chi connectivity index (χ1) is 10.3. The number of nitrogens with two attached hydrogens (primary N) is 1. The first-order valence-corrected chi connectivity index (χ1v) is 9.75. The molecule has 0 unspecified atom stereocenters. The second-order valence-corrected chi connectivity index (χ2v) is 7.96. The Bertz CT molecular complexity index is 607. The molecule has 0 radical (unpaired) electrons. The molecule has 0 spiro atoms. The van der Waals surface area contributed by atoms with Gasteiger partial charge < -0.3 is 10.4 Å². The van der Waals surface area contributed by atoms with Gasteiger partial charge in [0.25, 0.3) is 0 Å². The Morgan fingerprint density at radius 2 is 2.09 bits per heavy atom. The molecular weight excluding hydrogens is 326 g/mol. The Morgan fingerprint density at radius 3 is 2.73 bits per heavy atom. The highest BCUT2D eigenvalue weighted by Gasteiger charge is 2.19. The molecule has 1 aliphatic heterocycles. The van der Waals surface area contributed by atoms with Crippen molar-refractivity contribution >= 4 is 33.0 Å². The molecule has 124 valence electrons. The average molecular weight is 347 g/mol. The van der Waals surface area contributed by atoms with E-state index >= 15 is 0 Å². The highest BCUT2D eigenvalue weighted by atomic mass is 32.2. The van der Waals surface area contributed by atoms with E-state index in [-0.39, 0.29) is 24.2 Å². The maximum atomic E-state index is 11.8. The van der Waals surface area contributed by atoms with Crippen LogP contribution in [-0.2, 0) is 21.4 Å². The molecule has 2 heterocycles. The van der Waals surface area contributed by atoms with Crippen molar-refractivity contribution in [2.24, 2.45) is 5.14 Å². The summed E-state index contributed by atoms with van der Waals surface area (Å²) < 4.78 is 21.7. The first kappa shape index (κ1) is 17.4. The van der Waals surface area contributed by atoms with E-state index in [1.807, 2.05) is 10.8 Å². The highest BCUT2D eigenvalue weighted by molar-refractivity contribution is 7.89. The number of aliphatic hydroxyl groups excluding tert-OH is 1. The standard InChI is InChI=1S/C13H21N3O4S2/c14-22(19,20)6-3-13(18)15-12-9-21-8-10(12)7-16-4-1-11(17)2-5-16/h8-9,11,17H,1-7H2,(H,15,18)(H2,14,19,20). The summed E-state index contributed by atoms with van der Waals surface area (Å²) in [5.41, 5.74) is 1.72. The van der Waals surface area contributed by atoms with Crippen molar-refractivity contribution in [2.45, 2.75) is 31.9 Å². The van der Waals surface area contributed by atoms with E-state index in [0.717, 1.165) is 37.2 Å². The van der Waals surface area contributed by atoms with E-state index in [9.17, 15) is 18.3 Å². The molecule has 1 fully saturated rings. The second kappa shape index (κ2) is 7.51. The van der Waals surface area contributed by atoms with Gasteiger partial charge in [-0.3, -0.25) is 9.69 Å². The van der Waals surface area contributed by atoms with Gasteiger partial charge in [-0.15, -0.1) is 11.3 Å². The molecule has 1 aromatic heterocycles. The van der Waals surface area contributed by atoms with Crippen LogP contribution in [0.5, 0.6) is 0 Å². The molecule has 0 aliphatic carbocycles. The average Bonchev–Trinajstić information content (AvgIpc) is 2.86. The predicted octanol–water partition coefficient (Wildman–Crippen LogP) is 0.322. The van der Waals surface area contributed by atoms with Crippen LogP contribution in [0.4, 0.5) is 5.69 Å². The van der Waals surface area contributed by atoms with Crippen molar-refractivity contribution in [3.05, 3.63) is 16.3 Å². The lowest BCUT2D eigenvalue weighted by molar-refractivity contribution is -0.115. The minimum Gasteiger partial charge on any atom is -0.393 e. The summed E-state index contributed by atoms with van der Waals surface area (Å²) in [6.07, 6.45) is 1.17. The lowest BCUT2D eigenvalue weighted by Gasteiger charge is -2.29. The van der Waals surface area contributed by atoms with Gasteiger partial charge in [0.05, 0.1) is 17.5 Å². The van der Waals surface area contributed by atoms with E-state index in [1.54, 1.807) is 0 Å². The van der Waals surface area contributed by atoms with Crippen LogP contribution < -0.4 is 10.5 Å². The molecule has 1 aliphatic rings. The Labute approximate surface area is 134 Å². The number of amides is 1. The van der Waals surface area contributed by atoms with Crippen molar-refractivity contribution in [1.29, 1.82) is 0 Å². The number of carbonyl (C=O) groups is 1. The lowest BCUT2D eigenvalue weighted by Crippen LogP contribution is -2.35. The van der Waals surface area contributed by atoms with Crippen molar-refractivity contribution in [2.75, 3.05) is 24.2 Å². The number of nitrogens with one attached hydrogen (secondary N) is 1. The topological polar surface area (TPSA) is 113 Å². The molecule has 0 atom stereocenters. The summed E-state index contributed by atoms with van der Waals surface area (Å²) in [5.74, 6) is -0.717. The zero-order chi connectivity index (χ0) is 16.2. The number of likely N-dealkylation sites (tertiary alicyclic amines) is 1. The number of carbonyl (C=O) groups excluding carboxylic acids is 1. The van der Waals surface area contributed by atoms with Crippen LogP contribution >= 0.6 is 11.3 Å². The van der Waals surface area contributed by atoms with Gasteiger partial charge in [0, 0.05) is 37.0 Å². The van der Waals surface area contributed by atoms with Crippen molar-refractivity contribution in [1.82, 2.24) is 4.90 Å². The first-order valence-electron chi connectivity index (χ1n) is 7.09. The van der Waals surface area contributed by atoms with Crippen LogP contribution in [0.15, 0.2) is 10.8 Å². The molecule has 1 amide bonds. The van der Waals surface area contributed by atoms with E-state index < -0.39 is 10.0 Å². The Morgan fingerprint density at radius 1 is 1.41 bits per heavy atom. The molecule has 7 nitrogen and oxygen atoms in total. The lowest BCUT2D eigenvalue weighted by atomic mass is 10.1. The van der Waals surface area contributed by atoms with Gasteiger partial charge in [0.15, 0.2) is 0 Å². The maximum Gasteiger partial charge on any atom is 0.225 e. The van der Waals surface area contributed by atoms with Gasteiger partial charge in [-0.1, -0.05) is 0 Å². The molecule has 9 heteroatoms. The summed E-state index contributed by atoms with van der Waals surface area (Å²) in [7, 11) is -3.63. The normalized spacial score (nSPS) is 17.5. The molecule has 1 aromatic rings. The quantitative estimate of drug-likeness (QED) is 0.686. The molecule has 2 rings (SSSR count). The summed E-state index contributed by atoms with van der Waals surface area (Å²) in [4.78, 5) is 14.0. The maximum absolute atomic E-state index is 11.8. The number of rotatable bonds is 6. The summed E-state index contributed by atoms with van der Waals surface area (Å²) in [5, 5.41) is 20.9. The van der Waals surface area contributed by atoms with Gasteiger partial charge in [-0.25, -0.2) is 13.6 Å². The third-order valence-electron chi connectivity index (χ3n) is 3.58. The fraction of sp³-hybridized carbons (Fsp3) is 0.615. The molecule has 0 bridgehead atoms. The van der Waals surface area contributed by atoms with Crippen molar-refractivity contribution in [3.63, 3.8) is 0 Å². The van der Waals surface area contributed by atoms with Gasteiger partial charge in [0.1, 0.15) is 0 Å². The van der Waals surface area contributed by atoms with Crippen LogP contribution in [0.2, 0.25) is 0 Å². The number of aliphatic hydroxyl groups is 1. The van der Waals surface area contributed by atoms with E-state index in [0.29, 0.717) is 6.54 Å². The fourth-order valence-corrected chi connectivity index (χ4v) is 3.57. The van der Waals surface area contributed by atoms with E-state index in [2.05, 4.69) is 10.2 Å². The number of thiophene rings is 1. The van der Waals surface area contributed by atoms with Crippen molar-refractivity contribution < 1.29 is 18.3 Å². The van der Waals surface area contributed by atoms with E-state index in [4.69, 9.17) is 5.14 Å². The fourth-order valence-electron chi connectivity index (χ4n) is 2.32. The Balaban J connectivity index is 1.88. The zero-order valence-electron chi connectivity index (χ0n) is 12.2. The van der Waals surface area contributed by atoms with E-state index in [1.165, 1.54) is 11.3 Å². The minimum atomic E-state index is -3.63. The van der Waals surface area contributed by atoms with Gasteiger partial charge in [-0.05, 0) is 18.2 Å². The van der Waals surface area contributed by atoms with Gasteiger partial charge >= 0.3 is 0 Å². The molecule has 22 heavy (non-hydrogen) atoms. The van der Waals surface area contributed by atoms with Gasteiger partial charge in [0.2, 0.25) is 15.9 Å². The van der Waals surface area contributed by atoms with Crippen LogP contribution in [0, 0.1) is 0 Å². The monoisotopic (exact) mass is 347 g/mol. The third-order valence-corrected chi connectivity index (χ3v) is 5.15. The van der Waals surface area contributed by atoms with Crippen LogP contribution in [-0.4, -0.2) is 49.3 Å². The van der Waals surface area contributed by atoms with Crippen LogP contribution in [0.3, 0.4) is 0 Å². The van der Waals surface area contributed by atoms with Crippen molar-refractivity contribution in [3.8, 4) is 0 Å². The molecule has 1 saturated heterocycles. The number of hydrogen-bond acceptors (Lipinski definition) is 6. The Hall–Kier alpha value is -1.00. The Kier molecular flexibility index (Phi) is 5.93. The smallest absolute Gasteiger partial charge is 0.225 e. The van der Waals surface area contributed by atoms with Crippen LogP contribution in [0.25, 0.3) is 0 Å². The number of anilines is 1. The molecular formula is C13H21N3O4S2. The number of piperidine rings is 1. The largest absolute Gasteiger partial charge is 0.393 e. The molecule has 4 N–H and O–H groups in total. The third kappa shape index (κ3) is 5.65. The molecule has 0 saturated carbocycles. The molecule has 0 aromatic carbocycles. The highest BCUT2D eigenvalue weighted by Crippen LogP contribution is 2.24. The minimum absolute atomic E-state index is 0.149. The summed E-state index contributed by atoms with van der Waals surface area (Å²) >= 11 is 1.49. The number of hydrogen-bond donors (Lipinski definition) is 3. The summed E-state index contributed by atoms with van der Waals surface area (Å²) in [6, 6.07) is 0. The predicted molar refractivity (Wildman–Crippen MR) is 86.1 cm³/mol. The number of sulfonamides is 1.